The Balaban J connectivity index is 2.55. The summed E-state index contributed by atoms with van der Waals surface area (Å²) in [5.41, 5.74) is 1.08. The molecule has 2 rings (SSSR count). The van der Waals surface area contributed by atoms with Crippen molar-refractivity contribution in [1.82, 2.24) is 4.98 Å². The van der Waals surface area contributed by atoms with Gasteiger partial charge in [-0.3, -0.25) is 4.98 Å². The van der Waals surface area contributed by atoms with Crippen LogP contribution in [0.2, 0.25) is 10.0 Å². The number of hydrogen-bond donors (Lipinski definition) is 0. The van der Waals surface area contributed by atoms with Crippen molar-refractivity contribution in [2.45, 2.75) is 0 Å². The Labute approximate surface area is 96.5 Å². The molecular weight excluding hydrogens is 236 g/mol. The summed E-state index contributed by atoms with van der Waals surface area (Å²) in [4.78, 5) is 3.86. The summed E-state index contributed by atoms with van der Waals surface area (Å²) in [7, 11) is 0. The number of aromatic nitrogens is 1. The number of rotatable bonds is 1. The molecule has 2 aromatic rings. The maximum atomic E-state index is 13.4. The summed E-state index contributed by atoms with van der Waals surface area (Å²) in [6.45, 7) is 0. The third-order valence-corrected chi connectivity index (χ3v) is 2.74. The molecule has 0 fully saturated rings. The molecular formula is C11H6Cl2FN. The van der Waals surface area contributed by atoms with Crippen LogP contribution in [-0.4, -0.2) is 4.98 Å². The summed E-state index contributed by atoms with van der Waals surface area (Å²) in [5, 5.41) is 0.849. The van der Waals surface area contributed by atoms with Crippen molar-refractivity contribution >= 4 is 23.2 Å². The molecule has 1 aromatic heterocycles. The predicted molar refractivity (Wildman–Crippen MR) is 59.7 cm³/mol. The lowest BCUT2D eigenvalue weighted by Gasteiger charge is -2.03. The Hall–Kier alpha value is -1.12. The second kappa shape index (κ2) is 4.17. The van der Waals surface area contributed by atoms with Gasteiger partial charge in [0.25, 0.3) is 0 Å². The summed E-state index contributed by atoms with van der Waals surface area (Å²) in [6, 6.07) is 6.25. The van der Waals surface area contributed by atoms with E-state index in [0.717, 1.165) is 0 Å². The van der Waals surface area contributed by atoms with E-state index in [2.05, 4.69) is 4.98 Å². The van der Waals surface area contributed by atoms with Crippen LogP contribution in [0.25, 0.3) is 11.1 Å². The standard InChI is InChI=1S/C11H6Cl2FN/c12-9-2-1-7(5-10(9)13)8-6-15-4-3-11(8)14/h1-6H. The van der Waals surface area contributed by atoms with E-state index in [1.54, 1.807) is 18.2 Å². The molecule has 0 unspecified atom stereocenters. The monoisotopic (exact) mass is 241 g/mol. The largest absolute Gasteiger partial charge is 0.264 e. The van der Waals surface area contributed by atoms with Gasteiger partial charge in [0.1, 0.15) is 5.82 Å². The van der Waals surface area contributed by atoms with Gasteiger partial charge in [0.05, 0.1) is 10.0 Å². The van der Waals surface area contributed by atoms with Crippen molar-refractivity contribution in [3.63, 3.8) is 0 Å². The van der Waals surface area contributed by atoms with Gasteiger partial charge in [0.15, 0.2) is 0 Å². The Kier molecular flexibility index (Phi) is 2.89. The summed E-state index contributed by atoms with van der Waals surface area (Å²) in [6.07, 6.45) is 2.85. The molecule has 15 heavy (non-hydrogen) atoms. The molecule has 0 aliphatic carbocycles. The average Bonchev–Trinajstić information content (AvgIpc) is 2.23. The lowest BCUT2D eigenvalue weighted by Crippen LogP contribution is -1.85. The van der Waals surface area contributed by atoms with Crippen LogP contribution in [0.3, 0.4) is 0 Å². The van der Waals surface area contributed by atoms with Gasteiger partial charge >= 0.3 is 0 Å². The first-order chi connectivity index (χ1) is 7.18. The molecule has 1 heterocycles. The molecule has 0 aliphatic rings. The van der Waals surface area contributed by atoms with Crippen LogP contribution >= 0.6 is 23.2 Å². The molecule has 4 heteroatoms. The van der Waals surface area contributed by atoms with Gasteiger partial charge in [-0.15, -0.1) is 0 Å². The third kappa shape index (κ3) is 2.11. The summed E-state index contributed by atoms with van der Waals surface area (Å²) in [5.74, 6) is -0.330. The van der Waals surface area contributed by atoms with Crippen molar-refractivity contribution in [3.05, 3.63) is 52.5 Å². The number of pyridine rings is 1. The van der Waals surface area contributed by atoms with Gasteiger partial charge < -0.3 is 0 Å². The Morgan fingerprint density at radius 2 is 1.87 bits per heavy atom. The number of hydrogen-bond acceptors (Lipinski definition) is 1. The van der Waals surface area contributed by atoms with Crippen molar-refractivity contribution in [2.75, 3.05) is 0 Å². The van der Waals surface area contributed by atoms with Crippen molar-refractivity contribution < 1.29 is 4.39 Å². The number of benzene rings is 1. The van der Waals surface area contributed by atoms with Crippen LogP contribution in [0.1, 0.15) is 0 Å². The fourth-order valence-corrected chi connectivity index (χ4v) is 1.55. The highest BCUT2D eigenvalue weighted by molar-refractivity contribution is 6.42. The number of halogens is 3. The maximum Gasteiger partial charge on any atom is 0.134 e. The third-order valence-electron chi connectivity index (χ3n) is 2.00. The van der Waals surface area contributed by atoms with Crippen LogP contribution in [-0.2, 0) is 0 Å². The fourth-order valence-electron chi connectivity index (χ4n) is 1.25. The molecule has 1 nitrogen and oxygen atoms in total. The second-order valence-corrected chi connectivity index (χ2v) is 3.80. The van der Waals surface area contributed by atoms with Crippen LogP contribution in [0.4, 0.5) is 4.39 Å². The minimum atomic E-state index is -0.330. The van der Waals surface area contributed by atoms with Gasteiger partial charge in [0.2, 0.25) is 0 Å². The number of nitrogens with zero attached hydrogens (tertiary/aromatic N) is 1. The molecule has 0 N–H and O–H groups in total. The molecule has 0 saturated heterocycles. The van der Waals surface area contributed by atoms with Crippen LogP contribution in [0, 0.1) is 5.82 Å². The minimum absolute atomic E-state index is 0.330. The first kappa shape index (κ1) is 10.4. The molecule has 0 atom stereocenters. The molecule has 76 valence electrons. The normalized spacial score (nSPS) is 10.3. The highest BCUT2D eigenvalue weighted by Gasteiger charge is 2.06. The predicted octanol–water partition coefficient (Wildman–Crippen LogP) is 4.19. The summed E-state index contributed by atoms with van der Waals surface area (Å²) >= 11 is 11.6. The van der Waals surface area contributed by atoms with Gasteiger partial charge in [-0.2, -0.15) is 0 Å². The molecule has 1 aromatic carbocycles. The Morgan fingerprint density at radius 3 is 2.53 bits per heavy atom. The zero-order chi connectivity index (χ0) is 10.8. The molecule has 0 saturated carbocycles. The Morgan fingerprint density at radius 1 is 1.07 bits per heavy atom. The maximum absolute atomic E-state index is 13.4. The fraction of sp³-hybridized carbons (Fsp3) is 0. The highest BCUT2D eigenvalue weighted by atomic mass is 35.5. The van der Waals surface area contributed by atoms with Crippen molar-refractivity contribution in [3.8, 4) is 11.1 Å². The van der Waals surface area contributed by atoms with E-state index in [-0.39, 0.29) is 5.82 Å². The quantitative estimate of drug-likeness (QED) is 0.730. The first-order valence-corrected chi connectivity index (χ1v) is 4.99. The van der Waals surface area contributed by atoms with Crippen LogP contribution < -0.4 is 0 Å². The van der Waals surface area contributed by atoms with Gasteiger partial charge in [-0.1, -0.05) is 29.3 Å². The SMILES string of the molecule is Fc1ccncc1-c1ccc(Cl)c(Cl)c1. The van der Waals surface area contributed by atoms with E-state index in [9.17, 15) is 4.39 Å². The van der Waals surface area contributed by atoms with Gasteiger partial charge in [-0.25, -0.2) is 4.39 Å². The highest BCUT2D eigenvalue weighted by Crippen LogP contribution is 2.29. The van der Waals surface area contributed by atoms with E-state index in [0.29, 0.717) is 21.2 Å². The van der Waals surface area contributed by atoms with E-state index < -0.39 is 0 Å². The van der Waals surface area contributed by atoms with E-state index in [1.165, 1.54) is 18.5 Å². The molecule has 0 radical (unpaired) electrons. The van der Waals surface area contributed by atoms with E-state index in [1.807, 2.05) is 0 Å². The minimum Gasteiger partial charge on any atom is -0.264 e. The van der Waals surface area contributed by atoms with Crippen molar-refractivity contribution in [1.29, 1.82) is 0 Å². The summed E-state index contributed by atoms with van der Waals surface area (Å²) < 4.78 is 13.4. The average molecular weight is 242 g/mol. The molecule has 0 bridgehead atoms. The van der Waals surface area contributed by atoms with Crippen molar-refractivity contribution in [2.24, 2.45) is 0 Å². The van der Waals surface area contributed by atoms with E-state index >= 15 is 0 Å². The lowest BCUT2D eigenvalue weighted by molar-refractivity contribution is 0.629. The zero-order valence-corrected chi connectivity index (χ0v) is 9.06. The first-order valence-electron chi connectivity index (χ1n) is 4.23. The lowest BCUT2D eigenvalue weighted by atomic mass is 10.1. The van der Waals surface area contributed by atoms with Crippen LogP contribution in [0.5, 0.6) is 0 Å². The zero-order valence-electron chi connectivity index (χ0n) is 7.55. The second-order valence-electron chi connectivity index (χ2n) is 2.98. The van der Waals surface area contributed by atoms with E-state index in [4.69, 9.17) is 23.2 Å². The van der Waals surface area contributed by atoms with Gasteiger partial charge in [-0.05, 0) is 23.8 Å². The topological polar surface area (TPSA) is 12.9 Å². The van der Waals surface area contributed by atoms with Gasteiger partial charge in [0, 0.05) is 18.0 Å². The smallest absolute Gasteiger partial charge is 0.134 e. The molecule has 0 aliphatic heterocycles. The molecule has 0 amide bonds. The van der Waals surface area contributed by atoms with Crippen LogP contribution in [0.15, 0.2) is 36.7 Å². The molecule has 0 spiro atoms. The Bertz CT molecular complexity index is 500.